The maximum atomic E-state index is 13.2. The van der Waals surface area contributed by atoms with Gasteiger partial charge in [0.25, 0.3) is 0 Å². The van der Waals surface area contributed by atoms with Crippen molar-refractivity contribution in [2.24, 2.45) is 0 Å². The Bertz CT molecular complexity index is 1330. The highest BCUT2D eigenvalue weighted by Gasteiger charge is 2.27. The SMILES string of the molecule is Cc1ccc(-n2c(C)nnc2S[C@@H](C[N+](=O)[O-])c2cc(Br)ccc2OCc2ccc(F)cc2)cc1. The fraction of sp³-hybridized carbons (Fsp3) is 0.200. The molecule has 0 saturated carbocycles. The van der Waals surface area contributed by atoms with Gasteiger partial charge in [0.15, 0.2) is 5.16 Å². The van der Waals surface area contributed by atoms with E-state index in [1.54, 1.807) is 18.2 Å². The average molecular weight is 557 g/mol. The maximum absolute atomic E-state index is 13.2. The number of hydrogen-bond donors (Lipinski definition) is 0. The molecule has 0 unspecified atom stereocenters. The van der Waals surface area contributed by atoms with Gasteiger partial charge in [-0.05, 0) is 61.9 Å². The smallest absolute Gasteiger partial charge is 0.220 e. The first-order valence-corrected chi connectivity index (χ1v) is 12.4. The van der Waals surface area contributed by atoms with E-state index in [4.69, 9.17) is 4.74 Å². The average Bonchev–Trinajstić information content (AvgIpc) is 3.19. The van der Waals surface area contributed by atoms with Gasteiger partial charge in [-0.2, -0.15) is 0 Å². The number of thioether (sulfide) groups is 1. The summed E-state index contributed by atoms with van der Waals surface area (Å²) in [6.45, 7) is 3.71. The summed E-state index contributed by atoms with van der Waals surface area (Å²) in [5.74, 6) is 0.863. The van der Waals surface area contributed by atoms with E-state index < -0.39 is 5.25 Å². The van der Waals surface area contributed by atoms with Crippen LogP contribution < -0.4 is 4.74 Å². The molecule has 0 radical (unpaired) electrons. The zero-order valence-electron chi connectivity index (χ0n) is 19.0. The summed E-state index contributed by atoms with van der Waals surface area (Å²) >= 11 is 4.73. The molecule has 4 rings (SSSR count). The fourth-order valence-corrected chi connectivity index (χ4v) is 5.09. The summed E-state index contributed by atoms with van der Waals surface area (Å²) in [4.78, 5) is 11.3. The van der Waals surface area contributed by atoms with Gasteiger partial charge >= 0.3 is 0 Å². The molecule has 1 atom stereocenters. The number of hydrogen-bond acceptors (Lipinski definition) is 6. The minimum atomic E-state index is -0.599. The molecule has 1 heterocycles. The Morgan fingerprint density at radius 1 is 1.09 bits per heavy atom. The highest BCUT2D eigenvalue weighted by Crippen LogP contribution is 2.41. The molecule has 0 bridgehead atoms. The van der Waals surface area contributed by atoms with Crippen molar-refractivity contribution in [3.63, 3.8) is 0 Å². The summed E-state index contributed by atoms with van der Waals surface area (Å²) in [5.41, 5.74) is 3.44. The maximum Gasteiger partial charge on any atom is 0.220 e. The van der Waals surface area contributed by atoms with Crippen LogP contribution in [0.4, 0.5) is 4.39 Å². The molecule has 0 spiro atoms. The van der Waals surface area contributed by atoms with Crippen molar-refractivity contribution in [1.82, 2.24) is 14.8 Å². The van der Waals surface area contributed by atoms with Crippen molar-refractivity contribution >= 4 is 27.7 Å². The first-order chi connectivity index (χ1) is 16.8. The third-order valence-corrected chi connectivity index (χ3v) is 6.93. The van der Waals surface area contributed by atoms with E-state index in [1.807, 2.05) is 54.8 Å². The lowest BCUT2D eigenvalue weighted by Gasteiger charge is -2.18. The van der Waals surface area contributed by atoms with Gasteiger partial charge in [-0.15, -0.1) is 10.2 Å². The molecule has 35 heavy (non-hydrogen) atoms. The van der Waals surface area contributed by atoms with Crippen LogP contribution in [0.2, 0.25) is 0 Å². The Morgan fingerprint density at radius 2 is 1.80 bits per heavy atom. The van der Waals surface area contributed by atoms with Crippen LogP contribution in [-0.4, -0.2) is 26.2 Å². The van der Waals surface area contributed by atoms with Crippen LogP contribution in [0.25, 0.3) is 5.69 Å². The number of benzene rings is 3. The van der Waals surface area contributed by atoms with E-state index in [2.05, 4.69) is 26.1 Å². The Morgan fingerprint density at radius 3 is 2.49 bits per heavy atom. The van der Waals surface area contributed by atoms with Gasteiger partial charge < -0.3 is 4.74 Å². The monoisotopic (exact) mass is 556 g/mol. The van der Waals surface area contributed by atoms with Crippen LogP contribution in [0.3, 0.4) is 0 Å². The standard InChI is InChI=1S/C25H22BrFN4O3S/c1-16-3-10-21(11-4-16)31-17(2)28-29-25(31)35-24(14-30(32)33)22-13-19(26)7-12-23(22)34-15-18-5-8-20(27)9-6-18/h3-13,24H,14-15H2,1-2H3/t24-/m0/s1. The Labute approximate surface area is 214 Å². The molecule has 1 aromatic heterocycles. The molecule has 0 aliphatic carbocycles. The van der Waals surface area contributed by atoms with Gasteiger partial charge in [0, 0.05) is 20.6 Å². The van der Waals surface area contributed by atoms with E-state index in [1.165, 1.54) is 23.9 Å². The first-order valence-electron chi connectivity index (χ1n) is 10.7. The molecular formula is C25H22BrFN4O3S. The second kappa shape index (κ2) is 11.0. The number of aryl methyl sites for hydroxylation is 2. The number of nitrogens with zero attached hydrogens (tertiary/aromatic N) is 4. The van der Waals surface area contributed by atoms with Crippen LogP contribution in [0.5, 0.6) is 5.75 Å². The topological polar surface area (TPSA) is 83.1 Å². The zero-order chi connectivity index (χ0) is 24.9. The molecule has 3 aromatic carbocycles. The number of ether oxygens (including phenoxy) is 1. The molecule has 10 heteroatoms. The molecule has 4 aromatic rings. The quantitative estimate of drug-likeness (QED) is 0.133. The van der Waals surface area contributed by atoms with Crippen molar-refractivity contribution in [3.8, 4) is 11.4 Å². The fourth-order valence-electron chi connectivity index (χ4n) is 3.52. The highest BCUT2D eigenvalue weighted by molar-refractivity contribution is 9.10. The third kappa shape index (κ3) is 6.26. The Balaban J connectivity index is 1.67. The van der Waals surface area contributed by atoms with E-state index in [-0.39, 0.29) is 23.9 Å². The second-order valence-corrected chi connectivity index (χ2v) is 10.0. The summed E-state index contributed by atoms with van der Waals surface area (Å²) in [6.07, 6.45) is 0. The summed E-state index contributed by atoms with van der Waals surface area (Å²) in [5, 5.41) is 20.1. The predicted octanol–water partition coefficient (Wildman–Crippen LogP) is 6.47. The van der Waals surface area contributed by atoms with E-state index >= 15 is 0 Å². The lowest BCUT2D eigenvalue weighted by Crippen LogP contribution is -2.12. The molecule has 0 amide bonds. The normalized spacial score (nSPS) is 11.9. The molecule has 0 aliphatic rings. The van der Waals surface area contributed by atoms with Crippen LogP contribution in [0.15, 0.2) is 76.4 Å². The lowest BCUT2D eigenvalue weighted by atomic mass is 10.1. The molecule has 0 N–H and O–H groups in total. The lowest BCUT2D eigenvalue weighted by molar-refractivity contribution is -0.479. The molecular weight excluding hydrogens is 535 g/mol. The van der Waals surface area contributed by atoms with Crippen molar-refractivity contribution < 1.29 is 14.1 Å². The van der Waals surface area contributed by atoms with Crippen molar-refractivity contribution in [2.75, 3.05) is 6.54 Å². The van der Waals surface area contributed by atoms with Gasteiger partial charge in [-0.1, -0.05) is 57.5 Å². The van der Waals surface area contributed by atoms with Crippen LogP contribution in [-0.2, 0) is 6.61 Å². The Kier molecular flexibility index (Phi) is 7.82. The molecule has 7 nitrogen and oxygen atoms in total. The molecule has 0 fully saturated rings. The predicted molar refractivity (Wildman–Crippen MR) is 136 cm³/mol. The van der Waals surface area contributed by atoms with Crippen molar-refractivity contribution in [1.29, 1.82) is 0 Å². The highest BCUT2D eigenvalue weighted by atomic mass is 79.9. The van der Waals surface area contributed by atoms with Gasteiger partial charge in [0.05, 0.1) is 0 Å². The van der Waals surface area contributed by atoms with Crippen LogP contribution in [0, 0.1) is 29.8 Å². The summed E-state index contributed by atoms with van der Waals surface area (Å²) in [7, 11) is 0. The summed E-state index contributed by atoms with van der Waals surface area (Å²) in [6, 6.07) is 19.3. The van der Waals surface area contributed by atoms with Gasteiger partial charge in [-0.25, -0.2) is 4.39 Å². The van der Waals surface area contributed by atoms with E-state index in [9.17, 15) is 14.5 Å². The van der Waals surface area contributed by atoms with Gasteiger partial charge in [-0.3, -0.25) is 14.7 Å². The van der Waals surface area contributed by atoms with E-state index in [0.717, 1.165) is 21.3 Å². The summed E-state index contributed by atoms with van der Waals surface area (Å²) < 4.78 is 21.9. The van der Waals surface area contributed by atoms with Crippen LogP contribution in [0.1, 0.15) is 27.8 Å². The van der Waals surface area contributed by atoms with E-state index in [0.29, 0.717) is 22.3 Å². The second-order valence-electron chi connectivity index (χ2n) is 7.92. The third-order valence-electron chi connectivity index (χ3n) is 5.28. The number of rotatable bonds is 9. The van der Waals surface area contributed by atoms with Crippen LogP contribution >= 0.6 is 27.7 Å². The van der Waals surface area contributed by atoms with Crippen molar-refractivity contribution in [2.45, 2.75) is 30.9 Å². The number of halogens is 2. The largest absolute Gasteiger partial charge is 0.489 e. The minimum Gasteiger partial charge on any atom is -0.489 e. The minimum absolute atomic E-state index is 0.198. The van der Waals surface area contributed by atoms with Gasteiger partial charge in [0.2, 0.25) is 6.54 Å². The van der Waals surface area contributed by atoms with Crippen molar-refractivity contribution in [3.05, 3.63) is 110 Å². The molecule has 180 valence electrons. The Hall–Kier alpha value is -3.24. The zero-order valence-corrected chi connectivity index (χ0v) is 21.4. The first kappa shape index (κ1) is 24.9. The van der Waals surface area contributed by atoms with Gasteiger partial charge in [0.1, 0.15) is 29.2 Å². The molecule has 0 saturated heterocycles. The number of nitro groups is 1. The number of aromatic nitrogens is 3. The molecule has 0 aliphatic heterocycles.